The number of nitrogens with one attached hydrogen (secondary N) is 1. The van der Waals surface area contributed by atoms with Gasteiger partial charge in [-0.25, -0.2) is 0 Å². The summed E-state index contributed by atoms with van der Waals surface area (Å²) in [5.41, 5.74) is 1.43. The third-order valence-corrected chi connectivity index (χ3v) is 4.88. The molecule has 1 aromatic heterocycles. The van der Waals surface area contributed by atoms with Crippen LogP contribution >= 0.6 is 0 Å². The second-order valence-corrected chi connectivity index (χ2v) is 6.30. The highest BCUT2D eigenvalue weighted by molar-refractivity contribution is 5.12. The minimum absolute atomic E-state index is 0.555. The van der Waals surface area contributed by atoms with E-state index in [4.69, 9.17) is 0 Å². The Kier molecular flexibility index (Phi) is 4.41. The Hall–Kier alpha value is -0.870. The SMILES string of the molecule is CCn1nccc1C1C(CNC)CCCCN1C1CC1. The Morgan fingerprint density at radius 1 is 1.30 bits per heavy atom. The standard InChI is InChI=1S/C16H28N4/c1-3-20-15(9-10-18-20)16-13(12-17-2)6-4-5-11-19(16)14-7-8-14/h9-10,13-14,16-17H,3-8,11-12H2,1-2H3. The minimum Gasteiger partial charge on any atom is -0.319 e. The molecule has 2 atom stereocenters. The van der Waals surface area contributed by atoms with E-state index < -0.39 is 0 Å². The highest BCUT2D eigenvalue weighted by Crippen LogP contribution is 2.41. The molecule has 0 amide bonds. The molecule has 1 aliphatic carbocycles. The first kappa shape index (κ1) is 14.1. The van der Waals surface area contributed by atoms with Crippen LogP contribution in [0, 0.1) is 5.92 Å². The predicted octanol–water partition coefficient (Wildman–Crippen LogP) is 2.43. The number of hydrogen-bond donors (Lipinski definition) is 1. The van der Waals surface area contributed by atoms with E-state index in [2.05, 4.69) is 40.0 Å². The molecule has 20 heavy (non-hydrogen) atoms. The first-order valence-electron chi connectivity index (χ1n) is 8.27. The van der Waals surface area contributed by atoms with E-state index >= 15 is 0 Å². The Labute approximate surface area is 122 Å². The summed E-state index contributed by atoms with van der Waals surface area (Å²) < 4.78 is 2.20. The molecule has 2 heterocycles. The highest BCUT2D eigenvalue weighted by Gasteiger charge is 2.40. The second kappa shape index (κ2) is 6.27. The highest BCUT2D eigenvalue weighted by atomic mass is 15.3. The van der Waals surface area contributed by atoms with Gasteiger partial charge in [0.05, 0.1) is 11.7 Å². The van der Waals surface area contributed by atoms with Gasteiger partial charge in [0.15, 0.2) is 0 Å². The van der Waals surface area contributed by atoms with Crippen LogP contribution in [0.2, 0.25) is 0 Å². The molecule has 0 spiro atoms. The molecule has 3 rings (SSSR count). The molecule has 1 saturated heterocycles. The normalized spacial score (nSPS) is 28.5. The summed E-state index contributed by atoms with van der Waals surface area (Å²) in [4.78, 5) is 2.79. The van der Waals surface area contributed by atoms with Gasteiger partial charge in [0.2, 0.25) is 0 Å². The van der Waals surface area contributed by atoms with Crippen molar-refractivity contribution in [3.63, 3.8) is 0 Å². The summed E-state index contributed by atoms with van der Waals surface area (Å²) in [6, 6.07) is 3.63. The van der Waals surface area contributed by atoms with Gasteiger partial charge in [0.1, 0.15) is 0 Å². The molecule has 2 fully saturated rings. The summed E-state index contributed by atoms with van der Waals surface area (Å²) in [5, 5.41) is 7.94. The number of hydrogen-bond acceptors (Lipinski definition) is 3. The lowest BCUT2D eigenvalue weighted by Crippen LogP contribution is -2.39. The van der Waals surface area contributed by atoms with E-state index in [-0.39, 0.29) is 0 Å². The lowest BCUT2D eigenvalue weighted by atomic mass is 9.91. The Bertz CT molecular complexity index is 424. The van der Waals surface area contributed by atoms with Gasteiger partial charge < -0.3 is 5.32 Å². The quantitative estimate of drug-likeness (QED) is 0.896. The first-order valence-corrected chi connectivity index (χ1v) is 8.27. The summed E-state index contributed by atoms with van der Waals surface area (Å²) in [6.07, 6.45) is 8.82. The monoisotopic (exact) mass is 276 g/mol. The molecule has 1 aliphatic heterocycles. The summed E-state index contributed by atoms with van der Waals surface area (Å²) in [7, 11) is 2.08. The topological polar surface area (TPSA) is 33.1 Å². The van der Waals surface area contributed by atoms with E-state index in [1.165, 1.54) is 44.3 Å². The number of likely N-dealkylation sites (tertiary alicyclic amines) is 1. The number of rotatable bonds is 5. The van der Waals surface area contributed by atoms with Crippen LogP contribution in [-0.4, -0.2) is 40.9 Å². The second-order valence-electron chi connectivity index (χ2n) is 6.30. The fraction of sp³-hybridized carbons (Fsp3) is 0.812. The average molecular weight is 276 g/mol. The van der Waals surface area contributed by atoms with Crippen LogP contribution in [0.3, 0.4) is 0 Å². The van der Waals surface area contributed by atoms with E-state index in [1.807, 2.05) is 6.20 Å². The van der Waals surface area contributed by atoms with Crippen molar-refractivity contribution in [1.29, 1.82) is 0 Å². The molecule has 1 saturated carbocycles. The van der Waals surface area contributed by atoms with Crippen molar-refractivity contribution in [1.82, 2.24) is 20.0 Å². The molecule has 2 unspecified atom stereocenters. The largest absolute Gasteiger partial charge is 0.319 e. The molecular formula is C16H28N4. The zero-order valence-electron chi connectivity index (χ0n) is 12.9. The van der Waals surface area contributed by atoms with E-state index in [0.717, 1.165) is 19.1 Å². The lowest BCUT2D eigenvalue weighted by molar-refractivity contribution is 0.137. The number of nitrogens with zero attached hydrogens (tertiary/aromatic N) is 3. The maximum absolute atomic E-state index is 4.52. The van der Waals surface area contributed by atoms with Crippen molar-refractivity contribution < 1.29 is 0 Å². The molecular weight excluding hydrogens is 248 g/mol. The molecule has 0 bridgehead atoms. The van der Waals surface area contributed by atoms with Crippen molar-refractivity contribution in [2.45, 2.75) is 57.7 Å². The Morgan fingerprint density at radius 2 is 2.15 bits per heavy atom. The van der Waals surface area contributed by atoms with Crippen molar-refractivity contribution in [3.8, 4) is 0 Å². The van der Waals surface area contributed by atoms with Crippen LogP contribution in [0.1, 0.15) is 50.8 Å². The van der Waals surface area contributed by atoms with E-state index in [1.54, 1.807) is 0 Å². The average Bonchev–Trinajstić information content (AvgIpc) is 3.22. The van der Waals surface area contributed by atoms with Crippen LogP contribution in [-0.2, 0) is 6.54 Å². The molecule has 1 N–H and O–H groups in total. The van der Waals surface area contributed by atoms with Crippen LogP contribution in [0.4, 0.5) is 0 Å². The number of aryl methyl sites for hydroxylation is 1. The Balaban J connectivity index is 1.92. The first-order chi connectivity index (χ1) is 9.85. The molecule has 112 valence electrons. The fourth-order valence-electron chi connectivity index (χ4n) is 3.83. The third kappa shape index (κ3) is 2.77. The minimum atomic E-state index is 0.555. The van der Waals surface area contributed by atoms with Crippen molar-refractivity contribution in [2.24, 2.45) is 5.92 Å². The summed E-state index contributed by atoms with van der Waals surface area (Å²) in [6.45, 7) is 5.55. The summed E-state index contributed by atoms with van der Waals surface area (Å²) >= 11 is 0. The van der Waals surface area contributed by atoms with Crippen LogP contribution in [0.25, 0.3) is 0 Å². The molecule has 0 aromatic carbocycles. The zero-order valence-corrected chi connectivity index (χ0v) is 12.9. The van der Waals surface area contributed by atoms with Crippen molar-refractivity contribution >= 4 is 0 Å². The van der Waals surface area contributed by atoms with Gasteiger partial charge in [0.25, 0.3) is 0 Å². The zero-order chi connectivity index (χ0) is 13.9. The molecule has 4 nitrogen and oxygen atoms in total. The van der Waals surface area contributed by atoms with Gasteiger partial charge >= 0.3 is 0 Å². The van der Waals surface area contributed by atoms with Crippen molar-refractivity contribution in [3.05, 3.63) is 18.0 Å². The molecule has 0 radical (unpaired) electrons. The van der Waals surface area contributed by atoms with Crippen LogP contribution in [0.15, 0.2) is 12.3 Å². The maximum atomic E-state index is 4.52. The van der Waals surface area contributed by atoms with E-state index in [9.17, 15) is 0 Å². The molecule has 2 aliphatic rings. The van der Waals surface area contributed by atoms with Crippen molar-refractivity contribution in [2.75, 3.05) is 20.1 Å². The van der Waals surface area contributed by atoms with Gasteiger partial charge in [-0.2, -0.15) is 5.10 Å². The lowest BCUT2D eigenvalue weighted by Gasteiger charge is -2.35. The van der Waals surface area contributed by atoms with Crippen LogP contribution < -0.4 is 5.32 Å². The third-order valence-electron chi connectivity index (χ3n) is 4.88. The van der Waals surface area contributed by atoms with Gasteiger partial charge in [-0.3, -0.25) is 9.58 Å². The van der Waals surface area contributed by atoms with Crippen LogP contribution in [0.5, 0.6) is 0 Å². The predicted molar refractivity (Wildman–Crippen MR) is 81.6 cm³/mol. The van der Waals surface area contributed by atoms with Gasteiger partial charge in [0, 0.05) is 18.8 Å². The Morgan fingerprint density at radius 3 is 2.85 bits per heavy atom. The van der Waals surface area contributed by atoms with E-state index in [0.29, 0.717) is 12.0 Å². The van der Waals surface area contributed by atoms with Gasteiger partial charge in [-0.15, -0.1) is 0 Å². The smallest absolute Gasteiger partial charge is 0.0560 e. The molecule has 4 heteroatoms. The summed E-state index contributed by atoms with van der Waals surface area (Å²) in [5.74, 6) is 0.713. The molecule has 1 aromatic rings. The fourth-order valence-corrected chi connectivity index (χ4v) is 3.83. The van der Waals surface area contributed by atoms with Gasteiger partial charge in [-0.1, -0.05) is 6.42 Å². The maximum Gasteiger partial charge on any atom is 0.0560 e. The van der Waals surface area contributed by atoms with Gasteiger partial charge in [-0.05, 0) is 64.7 Å². The number of aromatic nitrogens is 2.